The Morgan fingerprint density at radius 2 is 1.67 bits per heavy atom. The molecule has 3 rings (SSSR count). The molecule has 1 heterocycles. The molecule has 1 fully saturated rings. The fourth-order valence-electron chi connectivity index (χ4n) is 3.52. The molecule has 0 saturated carbocycles. The van der Waals surface area contributed by atoms with Gasteiger partial charge in [0.25, 0.3) is 5.69 Å². The van der Waals surface area contributed by atoms with Crippen molar-refractivity contribution in [3.05, 3.63) is 70.3 Å². The minimum atomic E-state index is -0.774. The summed E-state index contributed by atoms with van der Waals surface area (Å²) < 4.78 is 0. The van der Waals surface area contributed by atoms with Gasteiger partial charge in [-0.3, -0.25) is 19.7 Å². The Labute approximate surface area is 175 Å². The van der Waals surface area contributed by atoms with Crippen molar-refractivity contribution in [3.8, 4) is 0 Å². The molecule has 0 unspecified atom stereocenters. The second-order valence-corrected chi connectivity index (χ2v) is 7.49. The maximum Gasteiger partial charge on any atom is 0.313 e. The van der Waals surface area contributed by atoms with Crippen molar-refractivity contribution in [1.82, 2.24) is 10.2 Å². The second kappa shape index (κ2) is 10.5. The van der Waals surface area contributed by atoms with E-state index in [1.807, 2.05) is 6.07 Å². The third-order valence-corrected chi connectivity index (χ3v) is 5.36. The van der Waals surface area contributed by atoms with Gasteiger partial charge >= 0.3 is 11.8 Å². The summed E-state index contributed by atoms with van der Waals surface area (Å²) in [4.78, 5) is 36.6. The highest BCUT2D eigenvalue weighted by Gasteiger charge is 2.21. The van der Waals surface area contributed by atoms with Crippen LogP contribution in [0.1, 0.15) is 18.4 Å². The van der Waals surface area contributed by atoms with E-state index in [4.69, 9.17) is 0 Å². The van der Waals surface area contributed by atoms with Gasteiger partial charge in [0.05, 0.1) is 4.92 Å². The summed E-state index contributed by atoms with van der Waals surface area (Å²) in [5.41, 5.74) is 1.60. The van der Waals surface area contributed by atoms with Crippen molar-refractivity contribution in [2.24, 2.45) is 5.92 Å². The Balaban J connectivity index is 1.34. The van der Waals surface area contributed by atoms with E-state index in [-0.39, 0.29) is 5.69 Å². The third kappa shape index (κ3) is 6.38. The number of piperidine rings is 1. The molecular formula is C22H26N4O4. The average Bonchev–Trinajstić information content (AvgIpc) is 2.77. The van der Waals surface area contributed by atoms with E-state index in [9.17, 15) is 19.7 Å². The zero-order valence-electron chi connectivity index (χ0n) is 16.8. The molecule has 2 N–H and O–H groups in total. The quantitative estimate of drug-likeness (QED) is 0.415. The molecule has 0 spiro atoms. The molecule has 0 aromatic heterocycles. The van der Waals surface area contributed by atoms with Crippen LogP contribution >= 0.6 is 0 Å². The number of carbonyl (C=O) groups is 2. The van der Waals surface area contributed by atoms with Crippen LogP contribution < -0.4 is 10.6 Å². The molecule has 0 aliphatic carbocycles. The number of anilines is 1. The van der Waals surface area contributed by atoms with Crippen LogP contribution in [0.25, 0.3) is 0 Å². The van der Waals surface area contributed by atoms with Gasteiger partial charge in [0, 0.05) is 30.9 Å². The van der Waals surface area contributed by atoms with Crippen molar-refractivity contribution in [2.45, 2.75) is 19.3 Å². The summed E-state index contributed by atoms with van der Waals surface area (Å²) in [5, 5.41) is 15.8. The zero-order valence-corrected chi connectivity index (χ0v) is 16.8. The van der Waals surface area contributed by atoms with Gasteiger partial charge in [0.15, 0.2) is 0 Å². The Morgan fingerprint density at radius 1 is 1.00 bits per heavy atom. The molecule has 0 bridgehead atoms. The molecule has 2 aromatic rings. The molecule has 1 aliphatic heterocycles. The third-order valence-electron chi connectivity index (χ3n) is 5.36. The first-order valence-electron chi connectivity index (χ1n) is 10.1. The zero-order chi connectivity index (χ0) is 21.3. The van der Waals surface area contributed by atoms with Gasteiger partial charge in [-0.1, -0.05) is 30.3 Å². The lowest BCUT2D eigenvalue weighted by Gasteiger charge is -2.32. The minimum Gasteiger partial charge on any atom is -0.348 e. The van der Waals surface area contributed by atoms with Gasteiger partial charge in [0.1, 0.15) is 0 Å². The number of likely N-dealkylation sites (tertiary alicyclic amines) is 1. The number of nitrogens with zero attached hydrogens (tertiary/aromatic N) is 2. The normalized spacial score (nSPS) is 14.8. The van der Waals surface area contributed by atoms with E-state index in [2.05, 4.69) is 39.8 Å². The number of hydrogen-bond donors (Lipinski definition) is 2. The molecule has 2 aromatic carbocycles. The number of amides is 2. The first kappa shape index (κ1) is 21.4. The fourth-order valence-corrected chi connectivity index (χ4v) is 3.52. The molecule has 8 heteroatoms. The van der Waals surface area contributed by atoms with E-state index < -0.39 is 16.7 Å². The average molecular weight is 410 g/mol. The van der Waals surface area contributed by atoms with Crippen LogP contribution in [0.5, 0.6) is 0 Å². The van der Waals surface area contributed by atoms with Crippen molar-refractivity contribution in [3.63, 3.8) is 0 Å². The molecule has 0 atom stereocenters. The number of carbonyl (C=O) groups excluding carboxylic acids is 2. The number of non-ortho nitro benzene ring substituents is 1. The van der Waals surface area contributed by atoms with E-state index in [1.54, 1.807) is 0 Å². The summed E-state index contributed by atoms with van der Waals surface area (Å²) in [5.74, 6) is -1.11. The Kier molecular flexibility index (Phi) is 7.51. The lowest BCUT2D eigenvalue weighted by atomic mass is 9.96. The van der Waals surface area contributed by atoms with Gasteiger partial charge in [-0.15, -0.1) is 0 Å². The topological polar surface area (TPSA) is 105 Å². The molecule has 30 heavy (non-hydrogen) atoms. The van der Waals surface area contributed by atoms with Crippen molar-refractivity contribution >= 4 is 23.2 Å². The highest BCUT2D eigenvalue weighted by molar-refractivity contribution is 6.39. The largest absolute Gasteiger partial charge is 0.348 e. The minimum absolute atomic E-state index is 0.0763. The summed E-state index contributed by atoms with van der Waals surface area (Å²) in [6.07, 6.45) is 3.00. The SMILES string of the molecule is O=C(NCC1CCN(CCc2ccccc2)CC1)C(=O)Nc1ccc([N+](=O)[O-])cc1. The van der Waals surface area contributed by atoms with Crippen LogP contribution in [0.2, 0.25) is 0 Å². The number of hydrogen-bond acceptors (Lipinski definition) is 5. The Morgan fingerprint density at radius 3 is 2.30 bits per heavy atom. The van der Waals surface area contributed by atoms with Crippen LogP contribution in [0.4, 0.5) is 11.4 Å². The van der Waals surface area contributed by atoms with Crippen molar-refractivity contribution in [2.75, 3.05) is 31.5 Å². The lowest BCUT2D eigenvalue weighted by molar-refractivity contribution is -0.384. The highest BCUT2D eigenvalue weighted by atomic mass is 16.6. The van der Waals surface area contributed by atoms with Gasteiger partial charge in [-0.25, -0.2) is 0 Å². The Hall–Kier alpha value is -3.26. The van der Waals surface area contributed by atoms with Crippen LogP contribution in [-0.2, 0) is 16.0 Å². The van der Waals surface area contributed by atoms with Crippen molar-refractivity contribution < 1.29 is 14.5 Å². The summed E-state index contributed by atoms with van der Waals surface area (Å²) in [6.45, 7) is 3.48. The first-order valence-corrected chi connectivity index (χ1v) is 10.1. The summed E-state index contributed by atoms with van der Waals surface area (Å²) >= 11 is 0. The monoisotopic (exact) mass is 410 g/mol. The van der Waals surface area contributed by atoms with Crippen molar-refractivity contribution in [1.29, 1.82) is 0 Å². The molecule has 1 saturated heterocycles. The predicted octanol–water partition coefficient (Wildman–Crippen LogP) is 2.60. The van der Waals surface area contributed by atoms with Gasteiger partial charge < -0.3 is 15.5 Å². The number of nitro benzene ring substituents is 1. The Bertz CT molecular complexity index is 862. The van der Waals surface area contributed by atoms with Crippen LogP contribution in [0, 0.1) is 16.0 Å². The maximum atomic E-state index is 12.0. The number of rotatable bonds is 7. The number of nitro groups is 1. The fraction of sp³-hybridized carbons (Fsp3) is 0.364. The van der Waals surface area contributed by atoms with Crippen LogP contribution in [-0.4, -0.2) is 47.8 Å². The van der Waals surface area contributed by atoms with Gasteiger partial charge in [0.2, 0.25) is 0 Å². The van der Waals surface area contributed by atoms with E-state index in [0.717, 1.165) is 38.9 Å². The van der Waals surface area contributed by atoms with Gasteiger partial charge in [-0.2, -0.15) is 0 Å². The van der Waals surface area contributed by atoms with E-state index in [0.29, 0.717) is 18.2 Å². The molecule has 158 valence electrons. The predicted molar refractivity (Wildman–Crippen MR) is 114 cm³/mol. The van der Waals surface area contributed by atoms with E-state index >= 15 is 0 Å². The molecule has 0 radical (unpaired) electrons. The summed E-state index contributed by atoms with van der Waals surface area (Å²) in [7, 11) is 0. The second-order valence-electron chi connectivity index (χ2n) is 7.49. The lowest BCUT2D eigenvalue weighted by Crippen LogP contribution is -2.42. The van der Waals surface area contributed by atoms with Crippen LogP contribution in [0.3, 0.4) is 0 Å². The van der Waals surface area contributed by atoms with Crippen LogP contribution in [0.15, 0.2) is 54.6 Å². The molecule has 1 aliphatic rings. The number of nitrogens with one attached hydrogen (secondary N) is 2. The molecular weight excluding hydrogens is 384 g/mol. The first-order chi connectivity index (χ1) is 14.5. The standard InChI is InChI=1S/C22H26N4O4/c27-21(22(28)24-19-6-8-20(9-7-19)26(29)30)23-16-18-11-14-25(15-12-18)13-10-17-4-2-1-3-5-17/h1-9,18H,10-16H2,(H,23,27)(H,24,28). The summed E-state index contributed by atoms with van der Waals surface area (Å²) in [6, 6.07) is 15.8. The maximum absolute atomic E-state index is 12.0. The molecule has 8 nitrogen and oxygen atoms in total. The number of benzene rings is 2. The van der Waals surface area contributed by atoms with E-state index in [1.165, 1.54) is 29.8 Å². The smallest absolute Gasteiger partial charge is 0.313 e. The highest BCUT2D eigenvalue weighted by Crippen LogP contribution is 2.17. The van der Waals surface area contributed by atoms with Gasteiger partial charge in [-0.05, 0) is 56.0 Å². The molecule has 2 amide bonds.